The highest BCUT2D eigenvalue weighted by molar-refractivity contribution is 7.48. The van der Waals surface area contributed by atoms with Crippen LogP contribution in [0.4, 0.5) is 0 Å². The van der Waals surface area contributed by atoms with Crippen LogP contribution in [-0.2, 0) is 58.5 Å². The highest BCUT2D eigenvalue weighted by Gasteiger charge is 2.55. The molecule has 0 aromatic heterocycles. The quantitative estimate of drug-likeness (QED) is 0.0643. The van der Waals surface area contributed by atoms with E-state index in [1.54, 1.807) is 48.5 Å². The van der Waals surface area contributed by atoms with Crippen molar-refractivity contribution < 1.29 is 52.8 Å². The van der Waals surface area contributed by atoms with E-state index in [1.807, 2.05) is 48.5 Å². The SMILES string of the molecule is CC(C)C1(C)CC(Cc2ccccc2)(OCC(=O)O[C@@H]2[C@@H](O)[C@H](O)[C@@H](O)[C@H](O)[C@@H]2OP(=O)(OCc2ccccc2)OCc2ccccc2)CCC1Cc1ccccc1. The Balaban J connectivity index is 1.22. The van der Waals surface area contributed by atoms with Crippen molar-refractivity contribution in [2.75, 3.05) is 6.61 Å². The van der Waals surface area contributed by atoms with Gasteiger partial charge in [0.15, 0.2) is 6.10 Å². The Kier molecular flexibility index (Phi) is 14.8. The van der Waals surface area contributed by atoms with E-state index in [4.69, 9.17) is 23.0 Å². The first-order chi connectivity index (χ1) is 27.8. The summed E-state index contributed by atoms with van der Waals surface area (Å²) in [6.07, 6.45) is -7.76. The predicted molar refractivity (Wildman–Crippen MR) is 218 cm³/mol. The van der Waals surface area contributed by atoms with E-state index in [1.165, 1.54) is 5.56 Å². The number of hydrogen-bond donors (Lipinski definition) is 4. The average Bonchev–Trinajstić information content (AvgIpc) is 3.24. The maximum absolute atomic E-state index is 14.3. The largest absolute Gasteiger partial charge is 0.475 e. The fraction of sp³-hybridized carbons (Fsp3) is 0.457. The van der Waals surface area contributed by atoms with Gasteiger partial charge < -0.3 is 29.9 Å². The predicted octanol–water partition coefficient (Wildman–Crippen LogP) is 6.99. The molecule has 0 bridgehead atoms. The average molecular weight is 817 g/mol. The summed E-state index contributed by atoms with van der Waals surface area (Å²) >= 11 is 0. The van der Waals surface area contributed by atoms with Gasteiger partial charge in [-0.05, 0) is 65.2 Å². The standard InChI is InChI=1S/C46H57O11P/c1-32(2)45(3)31-46(27-34-18-10-5-11-19-34,25-24-37(45)26-33-16-8-4-9-17-33)53-30-38(47)56-43-41(50)39(48)40(49)42(51)44(43)57-58(52,54-28-35-20-12-6-13-21-35)55-29-36-22-14-7-15-23-36/h4-23,32,37,39-44,48-51H,24-31H2,1-3H3/t37?,39-,40-,41+,42+,43-,44+,45?,46?/m1/s1. The summed E-state index contributed by atoms with van der Waals surface area (Å²) in [7, 11) is -4.64. The number of hydrogen-bond acceptors (Lipinski definition) is 11. The normalized spacial score (nSPS) is 28.9. The van der Waals surface area contributed by atoms with Crippen molar-refractivity contribution in [2.45, 2.75) is 108 Å². The van der Waals surface area contributed by atoms with E-state index < -0.39 is 62.6 Å². The van der Waals surface area contributed by atoms with E-state index in [9.17, 15) is 29.8 Å². The van der Waals surface area contributed by atoms with Crippen LogP contribution in [-0.4, -0.2) is 75.2 Å². The first kappa shape index (κ1) is 43.8. The Morgan fingerprint density at radius 1 is 0.690 bits per heavy atom. The van der Waals surface area contributed by atoms with Crippen LogP contribution in [0.1, 0.15) is 62.3 Å². The van der Waals surface area contributed by atoms with Crippen LogP contribution in [0.2, 0.25) is 0 Å². The van der Waals surface area contributed by atoms with Gasteiger partial charge in [0, 0.05) is 6.42 Å². The molecule has 0 radical (unpaired) electrons. The van der Waals surface area contributed by atoms with Gasteiger partial charge >= 0.3 is 13.8 Å². The molecule has 58 heavy (non-hydrogen) atoms. The minimum absolute atomic E-state index is 0.156. The third-order valence-electron chi connectivity index (χ3n) is 12.1. The fourth-order valence-corrected chi connectivity index (χ4v) is 9.79. The highest BCUT2D eigenvalue weighted by Crippen LogP contribution is 2.55. The molecule has 4 aromatic carbocycles. The van der Waals surface area contributed by atoms with E-state index in [-0.39, 0.29) is 18.6 Å². The maximum Gasteiger partial charge on any atom is 0.475 e. The molecule has 2 aliphatic rings. The number of carbonyl (C=O) groups is 1. The van der Waals surface area contributed by atoms with Crippen LogP contribution in [0.3, 0.4) is 0 Å². The molecule has 4 N–H and O–H groups in total. The lowest BCUT2D eigenvalue weighted by atomic mass is 9.55. The number of aliphatic hydroxyl groups excluding tert-OH is 4. The second kappa shape index (κ2) is 19.5. The molecule has 2 saturated carbocycles. The van der Waals surface area contributed by atoms with Crippen LogP contribution in [0.5, 0.6) is 0 Å². The summed E-state index contributed by atoms with van der Waals surface area (Å²) in [6, 6.07) is 38.1. The molecule has 11 nitrogen and oxygen atoms in total. The monoisotopic (exact) mass is 816 g/mol. The summed E-state index contributed by atoms with van der Waals surface area (Å²) < 4.78 is 44.1. The second-order valence-corrected chi connectivity index (χ2v) is 18.0. The topological polar surface area (TPSA) is 161 Å². The Bertz CT molecular complexity index is 1870. The second-order valence-electron chi connectivity index (χ2n) is 16.3. The molecule has 0 saturated heterocycles. The number of phosphoric acid groups is 1. The minimum atomic E-state index is -4.64. The number of phosphoric ester groups is 1. The molecular formula is C46H57O11P. The molecule has 12 heteroatoms. The van der Waals surface area contributed by atoms with Gasteiger partial charge in [0.05, 0.1) is 18.8 Å². The van der Waals surface area contributed by atoms with E-state index >= 15 is 0 Å². The lowest BCUT2D eigenvalue weighted by molar-refractivity contribution is -0.235. The maximum atomic E-state index is 14.3. The van der Waals surface area contributed by atoms with E-state index in [0.717, 1.165) is 18.4 Å². The highest BCUT2D eigenvalue weighted by atomic mass is 31.2. The summed E-state index contributed by atoms with van der Waals surface area (Å²) in [4.78, 5) is 13.9. The van der Waals surface area contributed by atoms with Gasteiger partial charge in [0.2, 0.25) is 0 Å². The van der Waals surface area contributed by atoms with E-state index in [2.05, 4.69) is 45.0 Å². The molecule has 0 heterocycles. The van der Waals surface area contributed by atoms with Crippen LogP contribution in [0, 0.1) is 17.3 Å². The molecule has 2 fully saturated rings. The first-order valence-corrected chi connectivity index (χ1v) is 21.5. The Morgan fingerprint density at radius 2 is 1.16 bits per heavy atom. The van der Waals surface area contributed by atoms with Crippen molar-refractivity contribution >= 4 is 13.8 Å². The van der Waals surface area contributed by atoms with Crippen molar-refractivity contribution in [2.24, 2.45) is 17.3 Å². The molecule has 9 atom stereocenters. The molecule has 312 valence electrons. The van der Waals surface area contributed by atoms with Crippen LogP contribution >= 0.6 is 7.82 Å². The van der Waals surface area contributed by atoms with Gasteiger partial charge in [-0.1, -0.05) is 142 Å². The van der Waals surface area contributed by atoms with Gasteiger partial charge in [-0.15, -0.1) is 0 Å². The van der Waals surface area contributed by atoms with Gasteiger partial charge in [-0.2, -0.15) is 0 Å². The zero-order valence-electron chi connectivity index (χ0n) is 33.4. The summed E-state index contributed by atoms with van der Waals surface area (Å²) in [6.45, 7) is 5.80. The summed E-state index contributed by atoms with van der Waals surface area (Å²) in [5, 5.41) is 43.9. The number of esters is 1. The molecular weight excluding hydrogens is 759 g/mol. The molecule has 4 aromatic rings. The smallest absolute Gasteiger partial charge is 0.455 e. The first-order valence-electron chi connectivity index (χ1n) is 20.1. The third-order valence-corrected chi connectivity index (χ3v) is 13.5. The fourth-order valence-electron chi connectivity index (χ4n) is 8.44. The van der Waals surface area contributed by atoms with Crippen LogP contribution in [0.15, 0.2) is 121 Å². The minimum Gasteiger partial charge on any atom is -0.455 e. The molecule has 0 amide bonds. The van der Waals surface area contributed by atoms with Crippen molar-refractivity contribution in [1.82, 2.24) is 0 Å². The van der Waals surface area contributed by atoms with Gasteiger partial charge in [0.25, 0.3) is 0 Å². The third kappa shape index (κ3) is 10.9. The molecule has 3 unspecified atom stereocenters. The number of ether oxygens (including phenoxy) is 2. The Morgan fingerprint density at radius 3 is 1.66 bits per heavy atom. The Labute approximate surface area is 341 Å². The number of rotatable bonds is 17. The number of aliphatic hydroxyl groups is 4. The van der Waals surface area contributed by atoms with E-state index in [0.29, 0.717) is 42.2 Å². The number of benzene rings is 4. The van der Waals surface area contributed by atoms with Crippen molar-refractivity contribution in [3.05, 3.63) is 144 Å². The molecule has 0 aliphatic heterocycles. The summed E-state index contributed by atoms with van der Waals surface area (Å²) in [5.41, 5.74) is 2.70. The van der Waals surface area contributed by atoms with Crippen molar-refractivity contribution in [1.29, 1.82) is 0 Å². The number of carbonyl (C=O) groups excluding carboxylic acids is 1. The molecule has 2 aliphatic carbocycles. The zero-order chi connectivity index (χ0) is 41.3. The molecule has 6 rings (SSSR count). The van der Waals surface area contributed by atoms with Crippen LogP contribution in [0.25, 0.3) is 0 Å². The molecule has 0 spiro atoms. The van der Waals surface area contributed by atoms with Crippen molar-refractivity contribution in [3.63, 3.8) is 0 Å². The van der Waals surface area contributed by atoms with Gasteiger partial charge in [-0.25, -0.2) is 9.36 Å². The van der Waals surface area contributed by atoms with Crippen molar-refractivity contribution in [3.8, 4) is 0 Å². The summed E-state index contributed by atoms with van der Waals surface area (Å²) in [5.74, 6) is -0.257. The lowest BCUT2D eigenvalue weighted by Gasteiger charge is -2.53. The lowest BCUT2D eigenvalue weighted by Crippen LogP contribution is -2.65. The zero-order valence-corrected chi connectivity index (χ0v) is 34.3. The Hall–Kier alpha value is -3.74. The van der Waals surface area contributed by atoms with Crippen LogP contribution < -0.4 is 0 Å². The van der Waals surface area contributed by atoms with Gasteiger partial charge in [0.1, 0.15) is 37.1 Å². The van der Waals surface area contributed by atoms with Gasteiger partial charge in [-0.3, -0.25) is 13.6 Å².